The fraction of sp³-hybridized carbons (Fsp3) is 1.00. The van der Waals surface area contributed by atoms with Gasteiger partial charge >= 0.3 is 0 Å². The first kappa shape index (κ1) is 12.4. The van der Waals surface area contributed by atoms with Gasteiger partial charge in [0.25, 0.3) is 0 Å². The Hall–Kier alpha value is 0.400. The third kappa shape index (κ3) is 5.98. The van der Waals surface area contributed by atoms with Crippen LogP contribution >= 0.6 is 15.9 Å². The van der Waals surface area contributed by atoms with E-state index in [1.165, 1.54) is 13.0 Å². The van der Waals surface area contributed by atoms with E-state index >= 15 is 0 Å². The predicted octanol–water partition coefficient (Wildman–Crippen LogP) is 2.13. The Labute approximate surface area is 84.4 Å². The molecule has 0 aliphatic heterocycles. The Morgan fingerprint density at radius 1 is 1.42 bits per heavy atom. The summed E-state index contributed by atoms with van der Waals surface area (Å²) in [4.78, 5) is 2.42. The summed E-state index contributed by atoms with van der Waals surface area (Å²) in [5.41, 5.74) is 0. The lowest BCUT2D eigenvalue weighted by Gasteiger charge is -2.23. The Balaban J connectivity index is 3.61. The zero-order valence-electron chi connectivity index (χ0n) is 8.35. The van der Waals surface area contributed by atoms with Crippen LogP contribution in [0.15, 0.2) is 0 Å². The number of hydrogen-bond donors (Lipinski definition) is 0. The summed E-state index contributed by atoms with van der Waals surface area (Å²) in [6, 6.07) is 0. The summed E-state index contributed by atoms with van der Waals surface area (Å²) >= 11 is 3.45. The molecule has 0 bridgehead atoms. The standard InChI is InChI=1S/C9H20BrNO/c1-4-6-11(7-5-10)8-9(2)12-3/h9H,4-8H2,1-3H3. The number of rotatable bonds is 7. The van der Waals surface area contributed by atoms with E-state index in [1.54, 1.807) is 7.11 Å². The van der Waals surface area contributed by atoms with E-state index in [-0.39, 0.29) is 0 Å². The molecule has 0 heterocycles. The van der Waals surface area contributed by atoms with Crippen molar-refractivity contribution in [3.8, 4) is 0 Å². The van der Waals surface area contributed by atoms with Gasteiger partial charge in [-0.05, 0) is 19.9 Å². The van der Waals surface area contributed by atoms with Gasteiger partial charge in [-0.2, -0.15) is 0 Å². The summed E-state index contributed by atoms with van der Waals surface area (Å²) < 4.78 is 5.22. The van der Waals surface area contributed by atoms with Crippen molar-refractivity contribution in [1.29, 1.82) is 0 Å². The Kier molecular flexibility index (Phi) is 8.29. The highest BCUT2D eigenvalue weighted by molar-refractivity contribution is 9.09. The molecule has 0 saturated heterocycles. The summed E-state index contributed by atoms with van der Waals surface area (Å²) in [6.45, 7) is 7.63. The second kappa shape index (κ2) is 8.02. The molecule has 0 aliphatic carbocycles. The number of methoxy groups -OCH3 is 1. The molecule has 0 N–H and O–H groups in total. The molecule has 74 valence electrons. The van der Waals surface area contributed by atoms with Crippen molar-refractivity contribution in [2.24, 2.45) is 0 Å². The lowest BCUT2D eigenvalue weighted by molar-refractivity contribution is 0.0793. The van der Waals surface area contributed by atoms with Crippen molar-refractivity contribution in [3.63, 3.8) is 0 Å². The molecule has 0 spiro atoms. The smallest absolute Gasteiger partial charge is 0.0670 e. The van der Waals surface area contributed by atoms with Gasteiger partial charge in [-0.1, -0.05) is 22.9 Å². The quantitative estimate of drug-likeness (QED) is 0.630. The first-order valence-electron chi connectivity index (χ1n) is 4.55. The first-order chi connectivity index (χ1) is 5.74. The largest absolute Gasteiger partial charge is 0.380 e. The van der Waals surface area contributed by atoms with Crippen LogP contribution in [0.2, 0.25) is 0 Å². The molecule has 3 heteroatoms. The van der Waals surface area contributed by atoms with Crippen molar-refractivity contribution in [2.45, 2.75) is 26.4 Å². The summed E-state index contributed by atoms with van der Waals surface area (Å²) in [5.74, 6) is 0. The zero-order valence-corrected chi connectivity index (χ0v) is 9.93. The number of hydrogen-bond acceptors (Lipinski definition) is 2. The fourth-order valence-corrected chi connectivity index (χ4v) is 1.67. The average Bonchev–Trinajstić information content (AvgIpc) is 2.05. The van der Waals surface area contributed by atoms with Crippen LogP contribution in [0.4, 0.5) is 0 Å². The summed E-state index contributed by atoms with van der Waals surface area (Å²) in [7, 11) is 1.77. The minimum atomic E-state index is 0.343. The van der Waals surface area contributed by atoms with Gasteiger partial charge in [0, 0.05) is 25.5 Å². The highest BCUT2D eigenvalue weighted by atomic mass is 79.9. The molecule has 0 aromatic carbocycles. The molecular weight excluding hydrogens is 218 g/mol. The van der Waals surface area contributed by atoms with E-state index in [4.69, 9.17) is 4.74 Å². The third-order valence-electron chi connectivity index (χ3n) is 1.86. The van der Waals surface area contributed by atoms with Crippen LogP contribution in [-0.4, -0.2) is 43.1 Å². The molecule has 0 fully saturated rings. The summed E-state index contributed by atoms with van der Waals surface area (Å²) in [5, 5.41) is 1.05. The molecule has 0 amide bonds. The molecule has 0 aliphatic rings. The predicted molar refractivity (Wildman–Crippen MR) is 57.0 cm³/mol. The van der Waals surface area contributed by atoms with Gasteiger partial charge in [-0.25, -0.2) is 0 Å². The Bertz CT molecular complexity index is 94.5. The molecule has 0 aromatic heterocycles. The van der Waals surface area contributed by atoms with Crippen LogP contribution < -0.4 is 0 Å². The number of alkyl halides is 1. The SMILES string of the molecule is CCCN(CCBr)CC(C)OC. The third-order valence-corrected chi connectivity index (χ3v) is 2.21. The van der Waals surface area contributed by atoms with Crippen LogP contribution in [0.5, 0.6) is 0 Å². The second-order valence-electron chi connectivity index (χ2n) is 3.04. The molecule has 0 rings (SSSR count). The van der Waals surface area contributed by atoms with Crippen molar-refractivity contribution in [1.82, 2.24) is 4.90 Å². The Morgan fingerprint density at radius 2 is 2.08 bits per heavy atom. The highest BCUT2D eigenvalue weighted by Gasteiger charge is 2.07. The maximum absolute atomic E-state index is 5.22. The molecule has 2 nitrogen and oxygen atoms in total. The van der Waals surface area contributed by atoms with Crippen molar-refractivity contribution in [3.05, 3.63) is 0 Å². The molecule has 0 radical (unpaired) electrons. The van der Waals surface area contributed by atoms with Gasteiger partial charge in [-0.3, -0.25) is 4.90 Å². The monoisotopic (exact) mass is 237 g/mol. The van der Waals surface area contributed by atoms with Gasteiger partial charge in [0.2, 0.25) is 0 Å². The molecule has 0 saturated carbocycles. The molecule has 12 heavy (non-hydrogen) atoms. The van der Waals surface area contributed by atoms with Crippen LogP contribution in [0.3, 0.4) is 0 Å². The number of nitrogens with zero attached hydrogens (tertiary/aromatic N) is 1. The minimum absolute atomic E-state index is 0.343. The van der Waals surface area contributed by atoms with Gasteiger partial charge in [0.1, 0.15) is 0 Å². The van der Waals surface area contributed by atoms with Gasteiger partial charge < -0.3 is 4.74 Å². The van der Waals surface area contributed by atoms with Crippen molar-refractivity contribution >= 4 is 15.9 Å². The minimum Gasteiger partial charge on any atom is -0.380 e. The van der Waals surface area contributed by atoms with Crippen LogP contribution in [0.1, 0.15) is 20.3 Å². The maximum Gasteiger partial charge on any atom is 0.0670 e. The zero-order chi connectivity index (χ0) is 9.40. The van der Waals surface area contributed by atoms with E-state index in [9.17, 15) is 0 Å². The Morgan fingerprint density at radius 3 is 2.50 bits per heavy atom. The van der Waals surface area contributed by atoms with Crippen molar-refractivity contribution < 1.29 is 4.74 Å². The number of halogens is 1. The van der Waals surface area contributed by atoms with E-state index in [1.807, 2.05) is 0 Å². The lowest BCUT2D eigenvalue weighted by atomic mass is 10.3. The van der Waals surface area contributed by atoms with Crippen LogP contribution in [0.25, 0.3) is 0 Å². The van der Waals surface area contributed by atoms with Crippen molar-refractivity contribution in [2.75, 3.05) is 32.1 Å². The fourth-order valence-electron chi connectivity index (χ4n) is 1.17. The summed E-state index contributed by atoms with van der Waals surface area (Å²) in [6.07, 6.45) is 1.55. The van der Waals surface area contributed by atoms with E-state index in [0.29, 0.717) is 6.10 Å². The van der Waals surface area contributed by atoms with Gasteiger partial charge in [0.05, 0.1) is 6.10 Å². The molecular formula is C9H20BrNO. The van der Waals surface area contributed by atoms with Crippen LogP contribution in [-0.2, 0) is 4.74 Å². The van der Waals surface area contributed by atoms with Crippen LogP contribution in [0, 0.1) is 0 Å². The molecule has 1 atom stereocenters. The topological polar surface area (TPSA) is 12.5 Å². The van der Waals surface area contributed by atoms with E-state index in [2.05, 4.69) is 34.7 Å². The normalized spacial score (nSPS) is 13.8. The molecule has 0 aromatic rings. The maximum atomic E-state index is 5.22. The number of ether oxygens (including phenoxy) is 1. The second-order valence-corrected chi connectivity index (χ2v) is 3.83. The molecule has 1 unspecified atom stereocenters. The first-order valence-corrected chi connectivity index (χ1v) is 5.67. The van der Waals surface area contributed by atoms with Gasteiger partial charge in [0.15, 0.2) is 0 Å². The highest BCUT2D eigenvalue weighted by Crippen LogP contribution is 1.98. The van der Waals surface area contributed by atoms with Gasteiger partial charge in [-0.15, -0.1) is 0 Å². The van der Waals surface area contributed by atoms with E-state index in [0.717, 1.165) is 18.4 Å². The average molecular weight is 238 g/mol. The van der Waals surface area contributed by atoms with E-state index < -0.39 is 0 Å². The lowest BCUT2D eigenvalue weighted by Crippen LogP contribution is -2.34.